The molecule has 1 aromatic carbocycles. The van der Waals surface area contributed by atoms with E-state index in [1.165, 1.54) is 32.0 Å². The van der Waals surface area contributed by atoms with Crippen LogP contribution in [0.25, 0.3) is 0 Å². The molecule has 0 spiro atoms. The highest BCUT2D eigenvalue weighted by Crippen LogP contribution is 2.26. The molecule has 0 atom stereocenters. The van der Waals surface area contributed by atoms with Crippen molar-refractivity contribution in [2.45, 2.75) is 19.6 Å². The minimum atomic E-state index is -1.39. The third-order valence-electron chi connectivity index (χ3n) is 2.64. The Morgan fingerprint density at radius 1 is 1.32 bits per heavy atom. The maximum Gasteiger partial charge on any atom is 0.351 e. The van der Waals surface area contributed by atoms with Gasteiger partial charge in [-0.2, -0.15) is 5.26 Å². The van der Waals surface area contributed by atoms with Crippen molar-refractivity contribution in [2.75, 3.05) is 5.32 Å². The van der Waals surface area contributed by atoms with E-state index in [4.69, 9.17) is 9.47 Å². The van der Waals surface area contributed by atoms with Crippen LogP contribution in [0.4, 0.5) is 10.1 Å². The van der Waals surface area contributed by atoms with Gasteiger partial charge in [-0.1, -0.05) is 0 Å². The number of anilines is 1. The van der Waals surface area contributed by atoms with Crippen molar-refractivity contribution in [2.24, 2.45) is 0 Å². The third kappa shape index (κ3) is 3.36. The number of nitriles is 1. The largest absolute Gasteiger partial charge is 0.419 e. The number of ether oxygens (including phenoxy) is 2. The van der Waals surface area contributed by atoms with Crippen LogP contribution in [0.3, 0.4) is 0 Å². The standard InChI is InChI=1S/C14H10FIN2O4/c1-14(2)21-12(19)11(13(20)22-14)10(6-17)18-9-4-3-7(15)5-8(9)16/h3-5,18H,1-2H3. The Morgan fingerprint density at radius 3 is 2.41 bits per heavy atom. The van der Waals surface area contributed by atoms with Crippen LogP contribution in [-0.4, -0.2) is 17.7 Å². The molecule has 1 aliphatic heterocycles. The lowest BCUT2D eigenvalue weighted by molar-refractivity contribution is -0.222. The zero-order chi connectivity index (χ0) is 16.5. The summed E-state index contributed by atoms with van der Waals surface area (Å²) in [6, 6.07) is 5.53. The lowest BCUT2D eigenvalue weighted by Crippen LogP contribution is -2.42. The van der Waals surface area contributed by atoms with E-state index in [9.17, 15) is 19.2 Å². The summed E-state index contributed by atoms with van der Waals surface area (Å²) in [5.41, 5.74) is -0.478. The van der Waals surface area contributed by atoms with E-state index in [1.807, 2.05) is 22.6 Å². The molecule has 6 nitrogen and oxygen atoms in total. The number of allylic oxidation sites excluding steroid dienone is 1. The summed E-state index contributed by atoms with van der Waals surface area (Å²) in [5, 5.41) is 11.8. The molecular formula is C14H10FIN2O4. The Hall–Kier alpha value is -2.15. The normalized spacial score (nSPS) is 16.4. The van der Waals surface area contributed by atoms with Gasteiger partial charge < -0.3 is 14.8 Å². The van der Waals surface area contributed by atoms with Crippen molar-refractivity contribution >= 4 is 40.2 Å². The number of benzene rings is 1. The fraction of sp³-hybridized carbons (Fsp3) is 0.214. The van der Waals surface area contributed by atoms with Gasteiger partial charge in [0, 0.05) is 17.4 Å². The Morgan fingerprint density at radius 2 is 1.91 bits per heavy atom. The average molecular weight is 416 g/mol. The third-order valence-corrected chi connectivity index (χ3v) is 3.53. The molecule has 1 fully saturated rings. The summed E-state index contributed by atoms with van der Waals surface area (Å²) in [5.74, 6) is -3.74. The summed E-state index contributed by atoms with van der Waals surface area (Å²) in [6.45, 7) is 2.81. The highest BCUT2D eigenvalue weighted by molar-refractivity contribution is 14.1. The Kier molecular flexibility index (Phi) is 4.37. The topological polar surface area (TPSA) is 88.4 Å². The van der Waals surface area contributed by atoms with Crippen molar-refractivity contribution in [3.8, 4) is 6.07 Å². The maximum atomic E-state index is 13.1. The van der Waals surface area contributed by atoms with E-state index in [1.54, 1.807) is 6.07 Å². The summed E-state index contributed by atoms with van der Waals surface area (Å²) >= 11 is 1.86. The number of esters is 2. The van der Waals surface area contributed by atoms with Gasteiger partial charge in [-0.25, -0.2) is 14.0 Å². The van der Waals surface area contributed by atoms with E-state index in [-0.39, 0.29) is 5.70 Å². The first kappa shape index (κ1) is 16.2. The molecule has 2 rings (SSSR count). The number of halogens is 2. The lowest BCUT2D eigenvalue weighted by Gasteiger charge is -2.30. The maximum absolute atomic E-state index is 13.1. The van der Waals surface area contributed by atoms with Gasteiger partial charge in [0.1, 0.15) is 17.6 Å². The van der Waals surface area contributed by atoms with E-state index in [0.29, 0.717) is 9.26 Å². The second-order valence-corrected chi connectivity index (χ2v) is 5.95. The molecule has 0 aromatic heterocycles. The van der Waals surface area contributed by atoms with Gasteiger partial charge in [-0.15, -0.1) is 0 Å². The monoisotopic (exact) mass is 416 g/mol. The number of hydrogen-bond donors (Lipinski definition) is 1. The zero-order valence-electron chi connectivity index (χ0n) is 11.6. The molecule has 1 saturated heterocycles. The SMILES string of the molecule is CC1(C)OC(=O)C(=C(C#N)Nc2ccc(F)cc2I)C(=O)O1. The molecule has 0 radical (unpaired) electrons. The summed E-state index contributed by atoms with van der Waals surface area (Å²) in [7, 11) is 0. The average Bonchev–Trinajstić information content (AvgIpc) is 2.37. The van der Waals surface area contributed by atoms with E-state index >= 15 is 0 Å². The van der Waals surface area contributed by atoms with Crippen molar-refractivity contribution in [3.05, 3.63) is 38.9 Å². The number of nitrogens with one attached hydrogen (secondary N) is 1. The zero-order valence-corrected chi connectivity index (χ0v) is 13.7. The van der Waals surface area contributed by atoms with Crippen molar-refractivity contribution < 1.29 is 23.5 Å². The highest BCUT2D eigenvalue weighted by atomic mass is 127. The van der Waals surface area contributed by atoms with Crippen LogP contribution >= 0.6 is 22.6 Å². The van der Waals surface area contributed by atoms with E-state index in [2.05, 4.69) is 5.32 Å². The number of carbonyl (C=O) groups is 2. The quantitative estimate of drug-likeness (QED) is 0.262. The number of rotatable bonds is 2. The van der Waals surface area contributed by atoms with Crippen LogP contribution in [-0.2, 0) is 19.1 Å². The fourth-order valence-corrected chi connectivity index (χ4v) is 2.34. The molecule has 1 N–H and O–H groups in total. The first-order chi connectivity index (χ1) is 10.2. The van der Waals surface area contributed by atoms with Gasteiger partial charge in [0.15, 0.2) is 5.57 Å². The van der Waals surface area contributed by atoms with Crippen LogP contribution in [0.5, 0.6) is 0 Å². The molecule has 0 bridgehead atoms. The van der Waals surface area contributed by atoms with Crippen LogP contribution in [0.1, 0.15) is 13.8 Å². The van der Waals surface area contributed by atoms with Crippen LogP contribution in [0.15, 0.2) is 29.5 Å². The number of carbonyl (C=O) groups excluding carboxylic acids is 2. The fourth-order valence-electron chi connectivity index (χ4n) is 1.73. The van der Waals surface area contributed by atoms with Gasteiger partial charge in [0.25, 0.3) is 5.79 Å². The molecule has 22 heavy (non-hydrogen) atoms. The summed E-state index contributed by atoms with van der Waals surface area (Å²) in [4.78, 5) is 23.8. The van der Waals surface area contributed by atoms with Gasteiger partial charge in [0.05, 0.1) is 5.69 Å². The van der Waals surface area contributed by atoms with Gasteiger partial charge in [0.2, 0.25) is 0 Å². The Labute approximate surface area is 139 Å². The molecule has 0 saturated carbocycles. The summed E-state index contributed by atoms with van der Waals surface area (Å²) in [6.07, 6.45) is 0. The molecule has 1 aliphatic rings. The first-order valence-electron chi connectivity index (χ1n) is 6.06. The van der Waals surface area contributed by atoms with Crippen LogP contribution in [0.2, 0.25) is 0 Å². The smallest absolute Gasteiger partial charge is 0.351 e. The van der Waals surface area contributed by atoms with Gasteiger partial charge >= 0.3 is 11.9 Å². The molecule has 0 unspecified atom stereocenters. The van der Waals surface area contributed by atoms with Crippen LogP contribution in [0, 0.1) is 20.7 Å². The molecule has 0 aliphatic carbocycles. The molecular weight excluding hydrogens is 406 g/mol. The molecule has 1 aromatic rings. The van der Waals surface area contributed by atoms with Crippen molar-refractivity contribution in [1.82, 2.24) is 0 Å². The second kappa shape index (κ2) is 5.92. The first-order valence-corrected chi connectivity index (χ1v) is 7.14. The van der Waals surface area contributed by atoms with E-state index in [0.717, 1.165) is 0 Å². The van der Waals surface area contributed by atoms with Gasteiger partial charge in [-0.3, -0.25) is 0 Å². The Balaban J connectivity index is 2.41. The van der Waals surface area contributed by atoms with Gasteiger partial charge in [-0.05, 0) is 40.8 Å². The molecule has 1 heterocycles. The molecule has 8 heteroatoms. The Bertz CT molecular complexity index is 715. The second-order valence-electron chi connectivity index (χ2n) is 4.79. The summed E-state index contributed by atoms with van der Waals surface area (Å²) < 4.78 is 23.4. The molecule has 0 amide bonds. The van der Waals surface area contributed by atoms with Crippen molar-refractivity contribution in [1.29, 1.82) is 5.26 Å². The lowest BCUT2D eigenvalue weighted by atomic mass is 10.1. The predicted molar refractivity (Wildman–Crippen MR) is 81.6 cm³/mol. The highest BCUT2D eigenvalue weighted by Gasteiger charge is 2.41. The van der Waals surface area contributed by atoms with Crippen LogP contribution < -0.4 is 5.32 Å². The predicted octanol–water partition coefficient (Wildman–Crippen LogP) is 2.46. The minimum Gasteiger partial charge on any atom is -0.419 e. The number of hydrogen-bond acceptors (Lipinski definition) is 6. The van der Waals surface area contributed by atoms with E-state index < -0.39 is 29.1 Å². The number of cyclic esters (lactones) is 2. The minimum absolute atomic E-state index is 0.324. The molecule has 114 valence electrons. The number of nitrogens with zero attached hydrogens (tertiary/aromatic N) is 1. The van der Waals surface area contributed by atoms with Crippen molar-refractivity contribution in [3.63, 3.8) is 0 Å².